The van der Waals surface area contributed by atoms with Gasteiger partial charge in [-0.25, -0.2) is 0 Å². The molecule has 12 rings (SSSR count). The highest BCUT2D eigenvalue weighted by molar-refractivity contribution is 6.14. The molecule has 0 atom stereocenters. The van der Waals surface area contributed by atoms with Crippen LogP contribution in [0.3, 0.4) is 0 Å². The van der Waals surface area contributed by atoms with Crippen LogP contribution in [0.4, 0.5) is 17.1 Å². The minimum Gasteiger partial charge on any atom is -0.456 e. The first kappa shape index (κ1) is 34.4. The van der Waals surface area contributed by atoms with Gasteiger partial charge in [0.05, 0.1) is 5.69 Å². The van der Waals surface area contributed by atoms with Gasteiger partial charge < -0.3 is 9.32 Å². The van der Waals surface area contributed by atoms with Gasteiger partial charge in [0.25, 0.3) is 0 Å². The molecule has 0 bridgehead atoms. The summed E-state index contributed by atoms with van der Waals surface area (Å²) in [4.78, 5) is 2.51. The first-order valence-corrected chi connectivity index (χ1v) is 21.4. The van der Waals surface area contributed by atoms with E-state index < -0.39 is 0 Å². The fourth-order valence-electron chi connectivity index (χ4n) is 11.5. The Morgan fingerprint density at radius 1 is 0.441 bits per heavy atom. The number of fused-ring (bicyclic) bond motifs is 11. The molecule has 8 aromatic carbocycles. The number of rotatable bonds is 5. The Kier molecular flexibility index (Phi) is 7.54. The van der Waals surface area contributed by atoms with Crippen LogP contribution >= 0.6 is 0 Å². The summed E-state index contributed by atoms with van der Waals surface area (Å²) < 4.78 is 6.44. The Morgan fingerprint density at radius 2 is 1.03 bits per heavy atom. The predicted octanol–water partition coefficient (Wildman–Crippen LogP) is 15.9. The standard InChI is InChI=1S/C57H45NO/c1-56(2)48-23-8-4-17-42(48)46-22-14-20-40(55(46)56)37-28-30-38(31-29-37)58(39-32-33-43-41-16-5-9-24-49(41)57(50(43)36-39)34-12-3-13-35-57)51-25-10-6-18-44(51)45-21-15-27-53-54(45)47-19-7-11-26-52(47)59-53/h4-11,14-33,36H,3,12-13,34-35H2,1-2H3. The van der Waals surface area contributed by atoms with Gasteiger partial charge in [-0.3, -0.25) is 0 Å². The summed E-state index contributed by atoms with van der Waals surface area (Å²) >= 11 is 0. The number of nitrogens with zero attached hydrogens (tertiary/aromatic N) is 1. The maximum absolute atomic E-state index is 6.44. The molecule has 1 fully saturated rings. The number of hydrogen-bond acceptors (Lipinski definition) is 2. The molecule has 59 heavy (non-hydrogen) atoms. The molecule has 1 heterocycles. The largest absolute Gasteiger partial charge is 0.456 e. The van der Waals surface area contributed by atoms with Gasteiger partial charge in [0.15, 0.2) is 0 Å². The highest BCUT2D eigenvalue weighted by Crippen LogP contribution is 2.58. The maximum atomic E-state index is 6.44. The molecule has 1 saturated carbocycles. The lowest BCUT2D eigenvalue weighted by Crippen LogP contribution is -2.28. The molecule has 0 amide bonds. The second-order valence-electron chi connectivity index (χ2n) is 17.5. The number of hydrogen-bond donors (Lipinski definition) is 0. The molecule has 0 unspecified atom stereocenters. The quantitative estimate of drug-likeness (QED) is 0.174. The van der Waals surface area contributed by atoms with E-state index in [-0.39, 0.29) is 10.8 Å². The zero-order valence-electron chi connectivity index (χ0n) is 33.6. The molecule has 0 saturated heterocycles. The maximum Gasteiger partial charge on any atom is 0.136 e. The van der Waals surface area contributed by atoms with Gasteiger partial charge in [-0.2, -0.15) is 0 Å². The molecule has 0 radical (unpaired) electrons. The number of benzene rings is 8. The van der Waals surface area contributed by atoms with Crippen LogP contribution in [-0.4, -0.2) is 0 Å². The van der Waals surface area contributed by atoms with E-state index in [1.165, 1.54) is 105 Å². The lowest BCUT2D eigenvalue weighted by Gasteiger charge is -2.37. The summed E-state index contributed by atoms with van der Waals surface area (Å²) in [5.41, 5.74) is 21.4. The molecular formula is C57H45NO. The smallest absolute Gasteiger partial charge is 0.136 e. The summed E-state index contributed by atoms with van der Waals surface area (Å²) in [5.74, 6) is 0. The number of anilines is 3. The van der Waals surface area contributed by atoms with Crippen LogP contribution in [0.1, 0.15) is 68.2 Å². The molecule has 1 spiro atoms. The van der Waals surface area contributed by atoms with Crippen LogP contribution in [0.5, 0.6) is 0 Å². The molecule has 1 aromatic heterocycles. The van der Waals surface area contributed by atoms with Crippen molar-refractivity contribution in [3.63, 3.8) is 0 Å². The fourth-order valence-corrected chi connectivity index (χ4v) is 11.5. The molecule has 3 aliphatic carbocycles. The van der Waals surface area contributed by atoms with Crippen molar-refractivity contribution in [3.8, 4) is 44.5 Å². The molecule has 284 valence electrons. The minimum absolute atomic E-state index is 0.0502. The molecule has 3 aliphatic rings. The van der Waals surface area contributed by atoms with Crippen molar-refractivity contribution in [2.45, 2.75) is 56.8 Å². The van der Waals surface area contributed by atoms with E-state index in [1.54, 1.807) is 0 Å². The van der Waals surface area contributed by atoms with E-state index in [2.05, 4.69) is 195 Å². The zero-order chi connectivity index (χ0) is 39.3. The van der Waals surface area contributed by atoms with E-state index in [4.69, 9.17) is 4.42 Å². The predicted molar refractivity (Wildman–Crippen MR) is 246 cm³/mol. The van der Waals surface area contributed by atoms with Crippen LogP contribution in [0.25, 0.3) is 66.4 Å². The van der Waals surface area contributed by atoms with Crippen molar-refractivity contribution < 1.29 is 4.42 Å². The van der Waals surface area contributed by atoms with Crippen LogP contribution in [0.15, 0.2) is 180 Å². The number of furan rings is 1. The van der Waals surface area contributed by atoms with Gasteiger partial charge in [-0.1, -0.05) is 167 Å². The van der Waals surface area contributed by atoms with Crippen LogP contribution in [-0.2, 0) is 10.8 Å². The Balaban J connectivity index is 1.06. The van der Waals surface area contributed by atoms with E-state index in [1.807, 2.05) is 0 Å². The third-order valence-electron chi connectivity index (χ3n) is 14.1. The summed E-state index contributed by atoms with van der Waals surface area (Å²) in [6.45, 7) is 4.76. The van der Waals surface area contributed by atoms with Crippen molar-refractivity contribution >= 4 is 39.0 Å². The fraction of sp³-hybridized carbons (Fsp3) is 0.158. The van der Waals surface area contributed by atoms with E-state index in [0.29, 0.717) is 0 Å². The van der Waals surface area contributed by atoms with Gasteiger partial charge in [0.2, 0.25) is 0 Å². The normalized spacial score (nSPS) is 15.6. The molecule has 2 heteroatoms. The zero-order valence-corrected chi connectivity index (χ0v) is 33.6. The summed E-state index contributed by atoms with van der Waals surface area (Å²) in [6, 6.07) is 65.5. The Labute approximate surface area is 346 Å². The highest BCUT2D eigenvalue weighted by atomic mass is 16.3. The number of para-hydroxylation sites is 2. The Hall–Kier alpha value is -6.64. The molecule has 2 nitrogen and oxygen atoms in total. The van der Waals surface area contributed by atoms with Crippen LogP contribution in [0, 0.1) is 0 Å². The van der Waals surface area contributed by atoms with Gasteiger partial charge in [-0.15, -0.1) is 0 Å². The molecule has 9 aromatic rings. The average molecular weight is 760 g/mol. The second-order valence-corrected chi connectivity index (χ2v) is 17.5. The third-order valence-corrected chi connectivity index (χ3v) is 14.1. The topological polar surface area (TPSA) is 16.4 Å². The Bertz CT molecular complexity index is 3120. The summed E-state index contributed by atoms with van der Waals surface area (Å²) in [5, 5.41) is 2.29. The lowest BCUT2D eigenvalue weighted by atomic mass is 9.68. The molecule has 0 N–H and O–H groups in total. The van der Waals surface area contributed by atoms with Gasteiger partial charge in [0.1, 0.15) is 11.2 Å². The van der Waals surface area contributed by atoms with Gasteiger partial charge in [0, 0.05) is 38.5 Å². The minimum atomic E-state index is -0.0957. The third kappa shape index (κ3) is 4.99. The molecular weight excluding hydrogens is 715 g/mol. The van der Waals surface area contributed by atoms with Crippen molar-refractivity contribution in [1.82, 2.24) is 0 Å². The summed E-state index contributed by atoms with van der Waals surface area (Å²) in [7, 11) is 0. The van der Waals surface area contributed by atoms with Gasteiger partial charge >= 0.3 is 0 Å². The van der Waals surface area contributed by atoms with Crippen molar-refractivity contribution in [3.05, 3.63) is 198 Å². The Morgan fingerprint density at radius 3 is 1.86 bits per heavy atom. The van der Waals surface area contributed by atoms with Crippen molar-refractivity contribution in [1.29, 1.82) is 0 Å². The van der Waals surface area contributed by atoms with Crippen LogP contribution in [0.2, 0.25) is 0 Å². The average Bonchev–Trinajstić information content (AvgIpc) is 3.88. The highest BCUT2D eigenvalue weighted by Gasteiger charge is 2.44. The lowest BCUT2D eigenvalue weighted by molar-refractivity contribution is 0.353. The van der Waals surface area contributed by atoms with Crippen molar-refractivity contribution in [2.75, 3.05) is 4.90 Å². The first-order valence-electron chi connectivity index (χ1n) is 21.4. The second kappa shape index (κ2) is 12.9. The van der Waals surface area contributed by atoms with Crippen molar-refractivity contribution in [2.24, 2.45) is 0 Å². The summed E-state index contributed by atoms with van der Waals surface area (Å²) in [6.07, 6.45) is 6.23. The first-order chi connectivity index (χ1) is 29.0. The monoisotopic (exact) mass is 759 g/mol. The van der Waals surface area contributed by atoms with E-state index in [0.717, 1.165) is 33.3 Å². The SMILES string of the molecule is CC1(C)c2ccccc2-c2cccc(-c3ccc(N(c4ccc5c(c4)C4(CCCCC4)c4ccccc4-5)c4ccccc4-c4cccc5oc6ccccc6c45)cc3)c21. The molecule has 0 aliphatic heterocycles. The van der Waals surface area contributed by atoms with Gasteiger partial charge in [-0.05, 0) is 117 Å². The van der Waals surface area contributed by atoms with Crippen LogP contribution < -0.4 is 4.90 Å². The van der Waals surface area contributed by atoms with E-state index in [9.17, 15) is 0 Å². The van der Waals surface area contributed by atoms with E-state index >= 15 is 0 Å².